The van der Waals surface area contributed by atoms with Gasteiger partial charge in [-0.1, -0.05) is 6.07 Å². The Morgan fingerprint density at radius 2 is 1.77 bits per heavy atom. The van der Waals surface area contributed by atoms with E-state index in [0.29, 0.717) is 0 Å². The summed E-state index contributed by atoms with van der Waals surface area (Å²) in [7, 11) is 0. The molecule has 0 aromatic heterocycles. The van der Waals surface area contributed by atoms with E-state index in [2.05, 4.69) is 0 Å². The minimum Gasteiger partial charge on any atom is -0.234 e. The van der Waals surface area contributed by atoms with Gasteiger partial charge in [0.15, 0.2) is 17.8 Å². The van der Waals surface area contributed by atoms with Gasteiger partial charge in [-0.2, -0.15) is 0 Å². The molecule has 1 aliphatic rings. The van der Waals surface area contributed by atoms with Crippen LogP contribution in [0.15, 0.2) is 18.0 Å². The quantitative estimate of drug-likeness (QED) is 0.548. The number of fused-ring (bicyclic) bond motifs is 1. The van der Waals surface area contributed by atoms with Crippen molar-refractivity contribution in [2.45, 2.75) is 6.17 Å². The second kappa shape index (κ2) is 2.58. The third kappa shape index (κ3) is 1.05. The maximum absolute atomic E-state index is 12.9. The third-order valence-corrected chi connectivity index (χ3v) is 1.96. The van der Waals surface area contributed by atoms with E-state index in [4.69, 9.17) is 0 Å². The van der Waals surface area contributed by atoms with Crippen molar-refractivity contribution in [3.05, 3.63) is 40.7 Å². The van der Waals surface area contributed by atoms with Crippen LogP contribution in [0.4, 0.5) is 17.6 Å². The van der Waals surface area contributed by atoms with Crippen LogP contribution in [-0.4, -0.2) is 0 Å². The first-order valence-corrected chi connectivity index (χ1v) is 3.60. The molecule has 0 saturated heterocycles. The Balaban J connectivity index is 2.66. The van der Waals surface area contributed by atoms with Crippen molar-refractivity contribution >= 4 is 6.08 Å². The second-order valence-electron chi connectivity index (χ2n) is 2.76. The molecule has 13 heavy (non-hydrogen) atoms. The zero-order valence-electron chi connectivity index (χ0n) is 6.32. The standard InChI is InChI=1S/C9H4F4/c10-5-2-1-4-3-6(11)9(13)7(4)8(5)12/h1-3,9H. The molecule has 4 heteroatoms. The molecule has 0 heterocycles. The number of rotatable bonds is 0. The average Bonchev–Trinajstić information content (AvgIpc) is 2.37. The molecule has 0 fully saturated rings. The van der Waals surface area contributed by atoms with Crippen molar-refractivity contribution in [2.24, 2.45) is 0 Å². The molecule has 0 amide bonds. The number of allylic oxidation sites excluding steroid dienone is 1. The highest BCUT2D eigenvalue weighted by Gasteiger charge is 2.30. The topological polar surface area (TPSA) is 0 Å². The van der Waals surface area contributed by atoms with Crippen LogP contribution in [0.25, 0.3) is 6.08 Å². The Kier molecular flexibility index (Phi) is 1.65. The van der Waals surface area contributed by atoms with E-state index >= 15 is 0 Å². The predicted octanol–water partition coefficient (Wildman–Crippen LogP) is 3.30. The van der Waals surface area contributed by atoms with Crippen LogP contribution in [0, 0.1) is 11.6 Å². The lowest BCUT2D eigenvalue weighted by atomic mass is 10.1. The van der Waals surface area contributed by atoms with Gasteiger partial charge in [-0.25, -0.2) is 17.6 Å². The van der Waals surface area contributed by atoms with Crippen LogP contribution >= 0.6 is 0 Å². The summed E-state index contributed by atoms with van der Waals surface area (Å²) in [5.74, 6) is -3.56. The summed E-state index contributed by atoms with van der Waals surface area (Å²) >= 11 is 0. The summed E-state index contributed by atoms with van der Waals surface area (Å²) in [6, 6.07) is 1.99. The fraction of sp³-hybridized carbons (Fsp3) is 0.111. The van der Waals surface area contributed by atoms with Crippen LogP contribution in [0.2, 0.25) is 0 Å². The monoisotopic (exact) mass is 188 g/mol. The molecular formula is C9H4F4. The Morgan fingerprint density at radius 3 is 2.46 bits per heavy atom. The zero-order valence-corrected chi connectivity index (χ0v) is 6.32. The molecule has 0 aliphatic heterocycles. The Morgan fingerprint density at radius 1 is 1.08 bits per heavy atom. The van der Waals surface area contributed by atoms with E-state index in [1.165, 1.54) is 0 Å². The van der Waals surface area contributed by atoms with E-state index in [0.717, 1.165) is 18.2 Å². The van der Waals surface area contributed by atoms with Crippen LogP contribution in [0.5, 0.6) is 0 Å². The smallest absolute Gasteiger partial charge is 0.180 e. The van der Waals surface area contributed by atoms with Gasteiger partial charge in [0, 0.05) is 5.56 Å². The van der Waals surface area contributed by atoms with Crippen LogP contribution < -0.4 is 0 Å². The van der Waals surface area contributed by atoms with E-state index in [1.807, 2.05) is 0 Å². The molecule has 1 aromatic carbocycles. The Bertz CT molecular complexity index is 395. The number of benzene rings is 1. The van der Waals surface area contributed by atoms with Gasteiger partial charge >= 0.3 is 0 Å². The van der Waals surface area contributed by atoms with Gasteiger partial charge in [0.2, 0.25) is 0 Å². The maximum atomic E-state index is 12.9. The van der Waals surface area contributed by atoms with Crippen molar-refractivity contribution in [3.63, 3.8) is 0 Å². The third-order valence-electron chi connectivity index (χ3n) is 1.96. The minimum absolute atomic E-state index is 0.0592. The van der Waals surface area contributed by atoms with Crippen molar-refractivity contribution in [2.75, 3.05) is 0 Å². The highest BCUT2D eigenvalue weighted by Crippen LogP contribution is 2.39. The highest BCUT2D eigenvalue weighted by atomic mass is 19.2. The summed E-state index contributed by atoms with van der Waals surface area (Å²) in [4.78, 5) is 0. The Hall–Kier alpha value is -1.32. The molecule has 1 aliphatic carbocycles. The van der Waals surface area contributed by atoms with Gasteiger partial charge in [-0.05, 0) is 17.7 Å². The van der Waals surface area contributed by atoms with Crippen molar-refractivity contribution in [3.8, 4) is 0 Å². The number of alkyl halides is 1. The summed E-state index contributed by atoms with van der Waals surface area (Å²) in [5, 5.41) is 0. The van der Waals surface area contributed by atoms with Crippen molar-refractivity contribution < 1.29 is 17.6 Å². The molecule has 68 valence electrons. The molecule has 1 unspecified atom stereocenters. The molecule has 2 rings (SSSR count). The van der Waals surface area contributed by atoms with E-state index in [1.54, 1.807) is 0 Å². The van der Waals surface area contributed by atoms with Gasteiger partial charge in [0.05, 0.1) is 0 Å². The van der Waals surface area contributed by atoms with Crippen molar-refractivity contribution in [1.82, 2.24) is 0 Å². The Labute approximate surface area is 71.5 Å². The molecule has 0 radical (unpaired) electrons. The molecule has 0 bridgehead atoms. The van der Waals surface area contributed by atoms with Crippen LogP contribution in [-0.2, 0) is 0 Å². The lowest BCUT2D eigenvalue weighted by Crippen LogP contribution is -1.96. The number of halogens is 4. The molecule has 0 saturated carbocycles. The summed E-state index contributed by atoms with van der Waals surface area (Å²) in [6.45, 7) is 0. The summed E-state index contributed by atoms with van der Waals surface area (Å²) in [5.41, 5.74) is -0.485. The van der Waals surface area contributed by atoms with E-state index < -0.39 is 29.2 Å². The highest BCUT2D eigenvalue weighted by molar-refractivity contribution is 5.64. The molecule has 0 spiro atoms. The first-order chi connectivity index (χ1) is 6.11. The van der Waals surface area contributed by atoms with E-state index in [-0.39, 0.29) is 5.56 Å². The molecule has 1 aromatic rings. The van der Waals surface area contributed by atoms with Gasteiger partial charge < -0.3 is 0 Å². The molecule has 1 atom stereocenters. The second-order valence-corrected chi connectivity index (χ2v) is 2.76. The van der Waals surface area contributed by atoms with Gasteiger partial charge in [0.1, 0.15) is 5.83 Å². The first-order valence-electron chi connectivity index (χ1n) is 3.60. The lowest BCUT2D eigenvalue weighted by molar-refractivity contribution is 0.330. The molecule has 0 nitrogen and oxygen atoms in total. The minimum atomic E-state index is -2.16. The largest absolute Gasteiger partial charge is 0.234 e. The summed E-state index contributed by atoms with van der Waals surface area (Å²) < 4.78 is 51.0. The zero-order chi connectivity index (χ0) is 9.59. The normalized spacial score (nSPS) is 20.0. The van der Waals surface area contributed by atoms with Gasteiger partial charge in [-0.15, -0.1) is 0 Å². The number of hydrogen-bond acceptors (Lipinski definition) is 0. The molecular weight excluding hydrogens is 184 g/mol. The summed E-state index contributed by atoms with van der Waals surface area (Å²) in [6.07, 6.45) is -1.30. The number of hydrogen-bond donors (Lipinski definition) is 0. The predicted molar refractivity (Wildman–Crippen MR) is 39.3 cm³/mol. The van der Waals surface area contributed by atoms with Crippen molar-refractivity contribution in [1.29, 1.82) is 0 Å². The first kappa shape index (κ1) is 8.29. The van der Waals surface area contributed by atoms with Gasteiger partial charge in [-0.3, -0.25) is 0 Å². The SMILES string of the molecule is FC1=Cc2ccc(F)c(F)c2C1F. The van der Waals surface area contributed by atoms with Crippen LogP contribution in [0.3, 0.4) is 0 Å². The van der Waals surface area contributed by atoms with Crippen LogP contribution in [0.1, 0.15) is 17.3 Å². The fourth-order valence-electron chi connectivity index (χ4n) is 1.32. The maximum Gasteiger partial charge on any atom is 0.180 e. The van der Waals surface area contributed by atoms with E-state index in [9.17, 15) is 17.6 Å². The molecule has 0 N–H and O–H groups in total. The van der Waals surface area contributed by atoms with Gasteiger partial charge in [0.25, 0.3) is 0 Å². The average molecular weight is 188 g/mol. The fourth-order valence-corrected chi connectivity index (χ4v) is 1.32. The lowest BCUT2D eigenvalue weighted by Gasteiger charge is -2.04.